The van der Waals surface area contributed by atoms with Crippen molar-refractivity contribution in [3.8, 4) is 5.75 Å². The van der Waals surface area contributed by atoms with Gasteiger partial charge in [0.05, 0.1) is 12.3 Å². The van der Waals surface area contributed by atoms with Crippen molar-refractivity contribution in [3.63, 3.8) is 0 Å². The highest BCUT2D eigenvalue weighted by molar-refractivity contribution is 7.99. The molecule has 1 aliphatic heterocycles. The Labute approximate surface area is 169 Å². The molecule has 27 heavy (non-hydrogen) atoms. The van der Waals surface area contributed by atoms with Crippen LogP contribution in [0, 0.1) is 6.92 Å². The molecule has 1 aliphatic rings. The molecule has 6 heteroatoms. The third-order valence-electron chi connectivity index (χ3n) is 4.42. The highest BCUT2D eigenvalue weighted by atomic mass is 35.5. The van der Waals surface area contributed by atoms with E-state index in [-0.39, 0.29) is 0 Å². The van der Waals surface area contributed by atoms with Crippen LogP contribution in [-0.4, -0.2) is 18.5 Å². The number of carbonyl (C=O) groups is 1. The predicted octanol–water partition coefficient (Wildman–Crippen LogP) is 6.40. The third kappa shape index (κ3) is 5.11. The van der Waals surface area contributed by atoms with Gasteiger partial charge < -0.3 is 9.47 Å². The minimum absolute atomic E-state index is 0.414. The van der Waals surface area contributed by atoms with Gasteiger partial charge >= 0.3 is 6.09 Å². The number of hydrogen-bond donors (Lipinski definition) is 1. The SMILES string of the molecule is Cc1cc(OCCCCSc2ccc(Cl)cc2)cc2c1NC(=O)OC2(C)C. The van der Waals surface area contributed by atoms with Crippen molar-refractivity contribution in [2.75, 3.05) is 17.7 Å². The highest BCUT2D eigenvalue weighted by Gasteiger charge is 2.34. The Morgan fingerprint density at radius 3 is 2.67 bits per heavy atom. The van der Waals surface area contributed by atoms with Crippen LogP contribution in [0.3, 0.4) is 0 Å². The minimum atomic E-state index is -0.670. The fraction of sp³-hybridized carbons (Fsp3) is 0.381. The molecule has 0 aliphatic carbocycles. The lowest BCUT2D eigenvalue weighted by atomic mass is 9.92. The van der Waals surface area contributed by atoms with Crippen LogP contribution in [0.15, 0.2) is 41.3 Å². The summed E-state index contributed by atoms with van der Waals surface area (Å²) in [4.78, 5) is 12.9. The molecule has 0 radical (unpaired) electrons. The van der Waals surface area contributed by atoms with E-state index in [1.54, 1.807) is 0 Å². The molecule has 1 amide bonds. The zero-order chi connectivity index (χ0) is 19.4. The van der Waals surface area contributed by atoms with Crippen LogP contribution in [0.2, 0.25) is 5.02 Å². The van der Waals surface area contributed by atoms with Gasteiger partial charge in [-0.2, -0.15) is 0 Å². The molecule has 2 aromatic rings. The third-order valence-corrected chi connectivity index (χ3v) is 5.77. The number of nitrogens with one attached hydrogen (secondary N) is 1. The van der Waals surface area contributed by atoms with Gasteiger partial charge in [0.25, 0.3) is 0 Å². The van der Waals surface area contributed by atoms with Crippen LogP contribution in [0.1, 0.15) is 37.8 Å². The first-order valence-corrected chi connectivity index (χ1v) is 10.4. The number of ether oxygens (including phenoxy) is 2. The lowest BCUT2D eigenvalue weighted by molar-refractivity contribution is 0.0417. The van der Waals surface area contributed by atoms with Gasteiger partial charge in [-0.1, -0.05) is 11.6 Å². The number of amides is 1. The van der Waals surface area contributed by atoms with Crippen LogP contribution >= 0.6 is 23.4 Å². The summed E-state index contributed by atoms with van der Waals surface area (Å²) < 4.78 is 11.3. The molecule has 1 heterocycles. The Balaban J connectivity index is 1.49. The second-order valence-electron chi connectivity index (χ2n) is 7.05. The molecule has 0 saturated carbocycles. The average Bonchev–Trinajstić information content (AvgIpc) is 2.60. The Bertz CT molecular complexity index is 821. The van der Waals surface area contributed by atoms with E-state index < -0.39 is 11.7 Å². The summed E-state index contributed by atoms with van der Waals surface area (Å²) in [5.74, 6) is 1.85. The normalized spacial score (nSPS) is 14.9. The summed E-state index contributed by atoms with van der Waals surface area (Å²) >= 11 is 7.72. The van der Waals surface area contributed by atoms with Crippen molar-refractivity contribution < 1.29 is 14.3 Å². The second kappa shape index (κ2) is 8.44. The van der Waals surface area contributed by atoms with Gasteiger partial charge in [-0.05, 0) is 81.3 Å². The van der Waals surface area contributed by atoms with E-state index in [2.05, 4.69) is 5.32 Å². The fourth-order valence-electron chi connectivity index (χ4n) is 3.01. The lowest BCUT2D eigenvalue weighted by Crippen LogP contribution is -2.35. The number of cyclic esters (lactones) is 1. The highest BCUT2D eigenvalue weighted by Crippen LogP contribution is 2.39. The molecule has 1 N–H and O–H groups in total. The van der Waals surface area contributed by atoms with Gasteiger partial charge in [-0.3, -0.25) is 5.32 Å². The van der Waals surface area contributed by atoms with E-state index in [9.17, 15) is 4.79 Å². The van der Waals surface area contributed by atoms with Crippen LogP contribution in [0.4, 0.5) is 10.5 Å². The quantitative estimate of drug-likeness (QED) is 0.427. The van der Waals surface area contributed by atoms with Crippen molar-refractivity contribution in [3.05, 3.63) is 52.5 Å². The number of carbonyl (C=O) groups excluding carboxylic acids is 1. The molecule has 0 bridgehead atoms. The van der Waals surface area contributed by atoms with Gasteiger partial charge in [-0.25, -0.2) is 4.79 Å². The molecule has 3 rings (SSSR count). The molecular weight excluding hydrogens is 382 g/mol. The predicted molar refractivity (Wildman–Crippen MR) is 111 cm³/mol. The molecule has 144 valence electrons. The van der Waals surface area contributed by atoms with Gasteiger partial charge in [0.2, 0.25) is 0 Å². The summed E-state index contributed by atoms with van der Waals surface area (Å²) in [6.07, 6.45) is 1.64. The Morgan fingerprint density at radius 1 is 1.19 bits per heavy atom. The molecule has 0 saturated heterocycles. The van der Waals surface area contributed by atoms with Gasteiger partial charge in [0.15, 0.2) is 0 Å². The van der Waals surface area contributed by atoms with Gasteiger partial charge in [-0.15, -0.1) is 11.8 Å². The number of rotatable bonds is 7. The maximum atomic E-state index is 11.7. The summed E-state index contributed by atoms with van der Waals surface area (Å²) in [6.45, 7) is 6.41. The molecule has 0 aromatic heterocycles. The van der Waals surface area contributed by atoms with Crippen LogP contribution in [0.5, 0.6) is 5.75 Å². The maximum Gasteiger partial charge on any atom is 0.412 e. The van der Waals surface area contributed by atoms with E-state index in [4.69, 9.17) is 21.1 Å². The lowest BCUT2D eigenvalue weighted by Gasteiger charge is -2.33. The first kappa shape index (κ1) is 19.9. The van der Waals surface area contributed by atoms with Gasteiger partial charge in [0.1, 0.15) is 11.4 Å². The van der Waals surface area contributed by atoms with Crippen molar-refractivity contribution in [2.24, 2.45) is 0 Å². The largest absolute Gasteiger partial charge is 0.494 e. The van der Waals surface area contributed by atoms with E-state index in [1.807, 2.05) is 68.9 Å². The topological polar surface area (TPSA) is 47.6 Å². The number of aryl methyl sites for hydroxylation is 1. The van der Waals surface area contributed by atoms with Crippen molar-refractivity contribution in [1.82, 2.24) is 0 Å². The minimum Gasteiger partial charge on any atom is -0.494 e. The number of halogens is 1. The van der Waals surface area contributed by atoms with E-state index in [0.29, 0.717) is 6.61 Å². The van der Waals surface area contributed by atoms with Crippen LogP contribution in [0.25, 0.3) is 0 Å². The Hall–Kier alpha value is -1.85. The molecule has 0 spiro atoms. The Morgan fingerprint density at radius 2 is 1.93 bits per heavy atom. The standard InChI is InChI=1S/C21H24ClNO3S/c1-14-12-16(13-18-19(14)23-20(24)26-21(18,2)3)25-10-4-5-11-27-17-8-6-15(22)7-9-17/h6-9,12-13H,4-5,10-11H2,1-3H3,(H,23,24). The number of unbranched alkanes of at least 4 members (excludes halogenated alkanes) is 1. The number of hydrogen-bond acceptors (Lipinski definition) is 4. The number of benzene rings is 2. The fourth-order valence-corrected chi connectivity index (χ4v) is 4.05. The second-order valence-corrected chi connectivity index (χ2v) is 8.65. The number of fused-ring (bicyclic) bond motifs is 1. The van der Waals surface area contributed by atoms with Crippen molar-refractivity contribution >= 4 is 35.1 Å². The monoisotopic (exact) mass is 405 g/mol. The first-order chi connectivity index (χ1) is 12.8. The van der Waals surface area contributed by atoms with Crippen molar-refractivity contribution in [1.29, 1.82) is 0 Å². The average molecular weight is 406 g/mol. The maximum absolute atomic E-state index is 11.7. The van der Waals surface area contributed by atoms with Crippen molar-refractivity contribution in [2.45, 2.75) is 44.1 Å². The Kier molecular flexibility index (Phi) is 6.22. The zero-order valence-corrected chi connectivity index (χ0v) is 17.4. The molecule has 4 nitrogen and oxygen atoms in total. The molecule has 0 unspecified atom stereocenters. The summed E-state index contributed by atoms with van der Waals surface area (Å²) in [7, 11) is 0. The zero-order valence-electron chi connectivity index (χ0n) is 15.8. The first-order valence-electron chi connectivity index (χ1n) is 9.01. The smallest absolute Gasteiger partial charge is 0.412 e. The van der Waals surface area contributed by atoms with E-state index in [0.717, 1.165) is 46.2 Å². The number of thioether (sulfide) groups is 1. The summed E-state index contributed by atoms with van der Waals surface area (Å²) in [5.41, 5.74) is 2.07. The number of anilines is 1. The summed E-state index contributed by atoms with van der Waals surface area (Å²) in [5, 5.41) is 3.55. The van der Waals surface area contributed by atoms with Crippen LogP contribution < -0.4 is 10.1 Å². The molecule has 0 fully saturated rings. The molecule has 0 atom stereocenters. The van der Waals surface area contributed by atoms with E-state index >= 15 is 0 Å². The van der Waals surface area contributed by atoms with E-state index in [1.165, 1.54) is 4.90 Å². The van der Waals surface area contributed by atoms with Crippen LogP contribution in [-0.2, 0) is 10.3 Å². The molecular formula is C21H24ClNO3S. The molecule has 2 aromatic carbocycles. The summed E-state index contributed by atoms with van der Waals surface area (Å²) in [6, 6.07) is 11.8. The van der Waals surface area contributed by atoms with Gasteiger partial charge in [0, 0.05) is 15.5 Å².